The number of aliphatic imine (C=N–C) groups is 1. The summed E-state index contributed by atoms with van der Waals surface area (Å²) in [6.07, 6.45) is 8.56. The molecule has 4 aliphatic rings. The molecular weight excluding hydrogens is 460 g/mol. The van der Waals surface area contributed by atoms with Crippen LogP contribution in [0, 0.1) is 5.92 Å². The number of aromatic nitrogens is 3. The highest BCUT2D eigenvalue weighted by atomic mass is 15.4. The van der Waals surface area contributed by atoms with Gasteiger partial charge in [0.25, 0.3) is 0 Å². The average molecular weight is 497 g/mol. The lowest BCUT2D eigenvalue weighted by atomic mass is 9.95. The zero-order chi connectivity index (χ0) is 25.2. The van der Waals surface area contributed by atoms with Gasteiger partial charge in [-0.1, -0.05) is 36.4 Å². The number of anilines is 3. The van der Waals surface area contributed by atoms with Crippen LogP contribution in [0.1, 0.15) is 42.4 Å². The van der Waals surface area contributed by atoms with E-state index in [1.807, 2.05) is 0 Å². The van der Waals surface area contributed by atoms with Crippen molar-refractivity contribution >= 4 is 29.0 Å². The van der Waals surface area contributed by atoms with Crippen molar-refractivity contribution in [2.24, 2.45) is 16.6 Å². The Bertz CT molecular complexity index is 1300. The Morgan fingerprint density at radius 2 is 1.70 bits per heavy atom. The summed E-state index contributed by atoms with van der Waals surface area (Å²) in [5, 5.41) is 8.12. The molecule has 2 aromatic carbocycles. The Morgan fingerprint density at radius 1 is 0.919 bits per heavy atom. The third-order valence-electron chi connectivity index (χ3n) is 7.94. The van der Waals surface area contributed by atoms with Crippen LogP contribution >= 0.6 is 0 Å². The fourth-order valence-corrected chi connectivity index (χ4v) is 5.67. The van der Waals surface area contributed by atoms with Crippen molar-refractivity contribution in [3.63, 3.8) is 0 Å². The van der Waals surface area contributed by atoms with E-state index in [2.05, 4.69) is 69.8 Å². The zero-order valence-electron chi connectivity index (χ0n) is 21.3. The van der Waals surface area contributed by atoms with Crippen LogP contribution in [0.5, 0.6) is 0 Å². The van der Waals surface area contributed by atoms with E-state index in [4.69, 9.17) is 21.6 Å². The van der Waals surface area contributed by atoms with Gasteiger partial charge in [0.15, 0.2) is 5.84 Å². The predicted octanol–water partition coefficient (Wildman–Crippen LogP) is 3.87. The number of nitrogens with one attached hydrogen (secondary N) is 1. The summed E-state index contributed by atoms with van der Waals surface area (Å²) < 4.78 is 1.68. The number of nitrogens with zero attached hydrogens (tertiary/aromatic N) is 5. The lowest BCUT2D eigenvalue weighted by Gasteiger charge is -2.33. The highest BCUT2D eigenvalue weighted by Crippen LogP contribution is 2.26. The SMILES string of the molecule is Nc1nc(Nc2ccc3c(c2)CC[C@@H](N)CC3)nn1C1=NCC2CCN(CC2)CC(c2ccccc2)=C1. The molecule has 192 valence electrons. The molecule has 5 N–H and O–H groups in total. The molecule has 8 heteroatoms. The third kappa shape index (κ3) is 5.45. The van der Waals surface area contributed by atoms with Gasteiger partial charge < -0.3 is 16.8 Å². The molecule has 7 rings (SSSR count). The van der Waals surface area contributed by atoms with Gasteiger partial charge >= 0.3 is 0 Å². The molecule has 0 radical (unpaired) electrons. The molecule has 37 heavy (non-hydrogen) atoms. The second kappa shape index (κ2) is 10.5. The number of hydrogen-bond acceptors (Lipinski definition) is 7. The number of nitrogens with two attached hydrogens (primary N) is 2. The first-order chi connectivity index (χ1) is 18.1. The van der Waals surface area contributed by atoms with Crippen LogP contribution in [0.4, 0.5) is 17.6 Å². The molecule has 0 spiro atoms. The van der Waals surface area contributed by atoms with E-state index in [-0.39, 0.29) is 6.04 Å². The summed E-state index contributed by atoms with van der Waals surface area (Å²) in [7, 11) is 0. The van der Waals surface area contributed by atoms with Gasteiger partial charge in [0, 0.05) is 24.8 Å². The summed E-state index contributed by atoms with van der Waals surface area (Å²) in [5.41, 5.74) is 18.7. The summed E-state index contributed by atoms with van der Waals surface area (Å²) in [6, 6.07) is 17.3. The maximum Gasteiger partial charge on any atom is 0.248 e. The lowest BCUT2D eigenvalue weighted by molar-refractivity contribution is 0.207. The predicted molar refractivity (Wildman–Crippen MR) is 150 cm³/mol. The number of aryl methyl sites for hydroxylation is 2. The molecule has 1 aliphatic carbocycles. The summed E-state index contributed by atoms with van der Waals surface area (Å²) >= 11 is 0. The number of benzene rings is 2. The molecule has 0 unspecified atom stereocenters. The van der Waals surface area contributed by atoms with Crippen LogP contribution < -0.4 is 16.8 Å². The van der Waals surface area contributed by atoms with E-state index in [9.17, 15) is 0 Å². The Kier molecular flexibility index (Phi) is 6.76. The molecule has 2 bridgehead atoms. The molecule has 3 aromatic rings. The molecule has 4 heterocycles. The molecule has 1 fully saturated rings. The first-order valence-corrected chi connectivity index (χ1v) is 13.5. The second-order valence-corrected chi connectivity index (χ2v) is 10.6. The molecule has 0 amide bonds. The van der Waals surface area contributed by atoms with Crippen LogP contribution in [0.25, 0.3) is 5.57 Å². The number of nitrogen functional groups attached to an aromatic ring is 1. The van der Waals surface area contributed by atoms with Crippen LogP contribution in [0.3, 0.4) is 0 Å². The number of fused-ring (bicyclic) bond motifs is 6. The molecule has 1 aromatic heterocycles. The summed E-state index contributed by atoms with van der Waals surface area (Å²) in [5.74, 6) is 2.13. The minimum absolute atomic E-state index is 0.278. The van der Waals surface area contributed by atoms with Gasteiger partial charge in [0.2, 0.25) is 11.9 Å². The van der Waals surface area contributed by atoms with Crippen molar-refractivity contribution in [2.75, 3.05) is 37.2 Å². The summed E-state index contributed by atoms with van der Waals surface area (Å²) in [4.78, 5) is 12.1. The third-order valence-corrected chi connectivity index (χ3v) is 7.94. The molecule has 1 atom stereocenters. The fourth-order valence-electron chi connectivity index (χ4n) is 5.67. The van der Waals surface area contributed by atoms with Gasteiger partial charge in [0.1, 0.15) is 0 Å². The van der Waals surface area contributed by atoms with E-state index in [0.29, 0.717) is 17.8 Å². The maximum atomic E-state index is 6.41. The highest BCUT2D eigenvalue weighted by molar-refractivity contribution is 6.01. The van der Waals surface area contributed by atoms with Crippen molar-refractivity contribution in [3.8, 4) is 0 Å². The van der Waals surface area contributed by atoms with Crippen LogP contribution in [-0.2, 0) is 12.8 Å². The Labute approximate surface area is 218 Å². The normalized spacial score (nSPS) is 24.0. The first-order valence-electron chi connectivity index (χ1n) is 13.5. The van der Waals surface area contributed by atoms with Gasteiger partial charge in [-0.15, -0.1) is 5.10 Å². The van der Waals surface area contributed by atoms with E-state index in [1.54, 1.807) is 4.68 Å². The van der Waals surface area contributed by atoms with Crippen LogP contribution in [0.15, 0.2) is 59.6 Å². The maximum absolute atomic E-state index is 6.41. The topological polar surface area (TPSA) is 110 Å². The van der Waals surface area contributed by atoms with Gasteiger partial charge in [-0.3, -0.25) is 9.89 Å². The number of piperidine rings is 1. The molecule has 3 aliphatic heterocycles. The van der Waals surface area contributed by atoms with E-state index < -0.39 is 0 Å². The van der Waals surface area contributed by atoms with E-state index >= 15 is 0 Å². The Morgan fingerprint density at radius 3 is 2.51 bits per heavy atom. The van der Waals surface area contributed by atoms with E-state index in [1.165, 1.54) is 35.1 Å². The van der Waals surface area contributed by atoms with Crippen molar-refractivity contribution in [2.45, 2.75) is 44.6 Å². The zero-order valence-corrected chi connectivity index (χ0v) is 21.3. The molecule has 0 saturated carbocycles. The second-order valence-electron chi connectivity index (χ2n) is 10.6. The van der Waals surface area contributed by atoms with Crippen molar-refractivity contribution in [1.82, 2.24) is 19.7 Å². The average Bonchev–Trinajstić information content (AvgIpc) is 3.18. The largest absolute Gasteiger partial charge is 0.368 e. The highest BCUT2D eigenvalue weighted by Gasteiger charge is 2.23. The standard InChI is InChI=1S/C29H36N8/c30-25-9-6-22-8-11-26(16-23(22)7-10-25)33-29-34-28(31)37(35-29)27-17-24(21-4-2-1-3-5-21)19-36-14-12-20(13-15-36)18-32-27/h1-5,8,11,16-17,20,25H,6-7,9-10,12-15,18-19,30H2,(H3,31,33,34,35)/t25-/m0/s1. The van der Waals surface area contributed by atoms with Crippen molar-refractivity contribution in [1.29, 1.82) is 0 Å². The molecule has 1 saturated heterocycles. The fraction of sp³-hybridized carbons (Fsp3) is 0.414. The Hall–Kier alpha value is -3.49. The Balaban J connectivity index is 1.30. The minimum Gasteiger partial charge on any atom is -0.368 e. The van der Waals surface area contributed by atoms with Crippen molar-refractivity contribution in [3.05, 3.63) is 71.3 Å². The van der Waals surface area contributed by atoms with Gasteiger partial charge in [-0.25, -0.2) is 0 Å². The van der Waals surface area contributed by atoms with Gasteiger partial charge in [-0.2, -0.15) is 9.67 Å². The monoisotopic (exact) mass is 496 g/mol. The molecule has 8 nitrogen and oxygen atoms in total. The smallest absolute Gasteiger partial charge is 0.248 e. The first kappa shape index (κ1) is 23.9. The number of hydrogen-bond donors (Lipinski definition) is 3. The van der Waals surface area contributed by atoms with E-state index in [0.717, 1.165) is 63.4 Å². The summed E-state index contributed by atoms with van der Waals surface area (Å²) in [6.45, 7) is 3.89. The number of rotatable bonds is 3. The molecular formula is C29H36N8. The van der Waals surface area contributed by atoms with Gasteiger partial charge in [0.05, 0.1) is 0 Å². The number of allylic oxidation sites excluding steroid dienone is 1. The van der Waals surface area contributed by atoms with Crippen LogP contribution in [0.2, 0.25) is 0 Å². The minimum atomic E-state index is 0.278. The quantitative estimate of drug-likeness (QED) is 0.475. The van der Waals surface area contributed by atoms with Gasteiger partial charge in [-0.05, 0) is 98.0 Å². The van der Waals surface area contributed by atoms with Crippen molar-refractivity contribution < 1.29 is 0 Å². The lowest BCUT2D eigenvalue weighted by Crippen LogP contribution is -2.36. The van der Waals surface area contributed by atoms with Crippen LogP contribution in [-0.4, -0.2) is 57.7 Å².